The second kappa shape index (κ2) is 7.50. The van der Waals surface area contributed by atoms with Crippen LogP contribution in [-0.2, 0) is 4.79 Å². The number of nitrogens with one attached hydrogen (secondary N) is 2. The summed E-state index contributed by atoms with van der Waals surface area (Å²) in [4.78, 5) is 12.8. The second-order valence-electron chi connectivity index (χ2n) is 6.53. The number of carbonyl (C=O) groups excluding carboxylic acids is 1. The molecule has 0 aliphatic carbocycles. The number of hydrogen-bond acceptors (Lipinski definition) is 3. The highest BCUT2D eigenvalue weighted by Crippen LogP contribution is 2.24. The number of nitriles is 1. The maximum atomic E-state index is 12.8. The summed E-state index contributed by atoms with van der Waals surface area (Å²) in [7, 11) is 0. The minimum Gasteiger partial charge on any atom is -0.369 e. The van der Waals surface area contributed by atoms with Gasteiger partial charge in [0.25, 0.3) is 0 Å². The molecule has 0 heterocycles. The van der Waals surface area contributed by atoms with Crippen LogP contribution in [0.25, 0.3) is 0 Å². The van der Waals surface area contributed by atoms with Crippen LogP contribution in [0.1, 0.15) is 37.9 Å². The monoisotopic (exact) mass is 385 g/mol. The first-order valence-corrected chi connectivity index (χ1v) is 8.42. The largest absolute Gasteiger partial charge is 0.369 e. The number of rotatable bonds is 4. The molecule has 0 bridgehead atoms. The SMILES string of the molecule is CC(C)(C)NC(=O)C(Nc1ccccc1C#N)c1ccc(Br)cc1. The molecule has 4 nitrogen and oxygen atoms in total. The quantitative estimate of drug-likeness (QED) is 0.819. The number of halogens is 1. The van der Waals surface area contributed by atoms with Gasteiger partial charge in [0.2, 0.25) is 5.91 Å². The average molecular weight is 386 g/mol. The number of benzene rings is 2. The molecule has 2 N–H and O–H groups in total. The van der Waals surface area contributed by atoms with Gasteiger partial charge in [-0.3, -0.25) is 4.79 Å². The molecule has 2 aromatic carbocycles. The van der Waals surface area contributed by atoms with E-state index in [1.54, 1.807) is 18.2 Å². The zero-order chi connectivity index (χ0) is 17.7. The van der Waals surface area contributed by atoms with E-state index < -0.39 is 6.04 Å². The summed E-state index contributed by atoms with van der Waals surface area (Å²) in [5.41, 5.74) is 1.62. The van der Waals surface area contributed by atoms with Crippen LogP contribution in [0.2, 0.25) is 0 Å². The Morgan fingerprint density at radius 2 is 1.75 bits per heavy atom. The zero-order valence-electron chi connectivity index (χ0n) is 13.9. The van der Waals surface area contributed by atoms with Gasteiger partial charge in [-0.25, -0.2) is 0 Å². The van der Waals surface area contributed by atoms with E-state index in [0.29, 0.717) is 11.3 Å². The van der Waals surface area contributed by atoms with Crippen molar-refractivity contribution in [1.82, 2.24) is 5.32 Å². The van der Waals surface area contributed by atoms with Gasteiger partial charge in [0, 0.05) is 10.0 Å². The highest BCUT2D eigenvalue weighted by atomic mass is 79.9. The van der Waals surface area contributed by atoms with Crippen molar-refractivity contribution in [2.75, 3.05) is 5.32 Å². The van der Waals surface area contributed by atoms with Crippen molar-refractivity contribution in [3.05, 3.63) is 64.1 Å². The third-order valence-corrected chi connectivity index (χ3v) is 3.84. The molecule has 0 saturated carbocycles. The number of amides is 1. The number of carbonyl (C=O) groups is 1. The summed E-state index contributed by atoms with van der Waals surface area (Å²) in [5.74, 6) is -0.141. The predicted molar refractivity (Wildman–Crippen MR) is 99.6 cm³/mol. The molecule has 1 unspecified atom stereocenters. The van der Waals surface area contributed by atoms with Crippen LogP contribution >= 0.6 is 15.9 Å². The molecule has 0 radical (unpaired) electrons. The molecule has 0 aromatic heterocycles. The first-order chi connectivity index (χ1) is 11.3. The lowest BCUT2D eigenvalue weighted by Gasteiger charge is -2.26. The summed E-state index contributed by atoms with van der Waals surface area (Å²) < 4.78 is 0.943. The first kappa shape index (κ1) is 18.0. The van der Waals surface area contributed by atoms with Crippen LogP contribution in [0, 0.1) is 11.3 Å². The zero-order valence-corrected chi connectivity index (χ0v) is 15.5. The molecule has 2 rings (SSSR count). The van der Waals surface area contributed by atoms with Crippen molar-refractivity contribution >= 4 is 27.5 Å². The van der Waals surface area contributed by atoms with Crippen molar-refractivity contribution in [2.24, 2.45) is 0 Å². The van der Waals surface area contributed by atoms with E-state index in [9.17, 15) is 10.1 Å². The molecular formula is C19H20BrN3O. The Morgan fingerprint density at radius 3 is 2.33 bits per heavy atom. The lowest BCUT2D eigenvalue weighted by Crippen LogP contribution is -2.44. The van der Waals surface area contributed by atoms with Gasteiger partial charge in [-0.2, -0.15) is 5.26 Å². The fourth-order valence-electron chi connectivity index (χ4n) is 2.26. The number of anilines is 1. The Hall–Kier alpha value is -2.32. The minimum atomic E-state index is -0.591. The van der Waals surface area contributed by atoms with Crippen LogP contribution in [-0.4, -0.2) is 11.4 Å². The Labute approximate surface area is 151 Å². The van der Waals surface area contributed by atoms with Crippen molar-refractivity contribution in [1.29, 1.82) is 5.26 Å². The molecule has 0 aliphatic heterocycles. The molecule has 0 saturated heterocycles. The van der Waals surface area contributed by atoms with E-state index in [1.807, 2.05) is 51.1 Å². The predicted octanol–water partition coefficient (Wildman–Crippen LogP) is 4.39. The van der Waals surface area contributed by atoms with Crippen LogP contribution in [0.4, 0.5) is 5.69 Å². The molecule has 2 aromatic rings. The van der Waals surface area contributed by atoms with E-state index >= 15 is 0 Å². The Kier molecular flexibility index (Phi) is 5.63. The van der Waals surface area contributed by atoms with Gasteiger partial charge in [0.1, 0.15) is 12.1 Å². The van der Waals surface area contributed by atoms with Crippen LogP contribution in [0.5, 0.6) is 0 Å². The summed E-state index contributed by atoms with van der Waals surface area (Å²) in [6.07, 6.45) is 0. The van der Waals surface area contributed by atoms with Crippen molar-refractivity contribution in [2.45, 2.75) is 32.4 Å². The molecule has 24 heavy (non-hydrogen) atoms. The third-order valence-electron chi connectivity index (χ3n) is 3.31. The van der Waals surface area contributed by atoms with E-state index in [4.69, 9.17) is 0 Å². The van der Waals surface area contributed by atoms with Gasteiger partial charge in [-0.05, 0) is 50.6 Å². The minimum absolute atomic E-state index is 0.141. The van der Waals surface area contributed by atoms with E-state index in [2.05, 4.69) is 32.6 Å². The topological polar surface area (TPSA) is 64.9 Å². The molecular weight excluding hydrogens is 366 g/mol. The fourth-order valence-corrected chi connectivity index (χ4v) is 2.52. The smallest absolute Gasteiger partial charge is 0.247 e. The molecule has 0 aliphatic rings. The highest BCUT2D eigenvalue weighted by Gasteiger charge is 2.25. The van der Waals surface area contributed by atoms with Gasteiger partial charge in [0.05, 0.1) is 11.3 Å². The lowest BCUT2D eigenvalue weighted by molar-refractivity contribution is -0.123. The average Bonchev–Trinajstić information content (AvgIpc) is 2.52. The maximum absolute atomic E-state index is 12.8. The Balaban J connectivity index is 2.37. The molecule has 1 atom stereocenters. The number of nitrogens with zero attached hydrogens (tertiary/aromatic N) is 1. The van der Waals surface area contributed by atoms with Gasteiger partial charge in [-0.15, -0.1) is 0 Å². The summed E-state index contributed by atoms with van der Waals surface area (Å²) >= 11 is 3.41. The van der Waals surface area contributed by atoms with Crippen molar-refractivity contribution < 1.29 is 4.79 Å². The molecule has 1 amide bonds. The fraction of sp³-hybridized carbons (Fsp3) is 0.263. The summed E-state index contributed by atoms with van der Waals surface area (Å²) in [5, 5.41) is 15.5. The van der Waals surface area contributed by atoms with E-state index in [1.165, 1.54) is 0 Å². The van der Waals surface area contributed by atoms with E-state index in [-0.39, 0.29) is 11.4 Å². The third kappa shape index (κ3) is 4.84. The van der Waals surface area contributed by atoms with Crippen LogP contribution in [0.15, 0.2) is 53.0 Å². The number of hydrogen-bond donors (Lipinski definition) is 2. The number of para-hydroxylation sites is 1. The van der Waals surface area contributed by atoms with Gasteiger partial charge >= 0.3 is 0 Å². The first-order valence-electron chi connectivity index (χ1n) is 7.63. The second-order valence-corrected chi connectivity index (χ2v) is 7.44. The molecule has 0 fully saturated rings. The lowest BCUT2D eigenvalue weighted by atomic mass is 10.0. The van der Waals surface area contributed by atoms with Gasteiger partial charge in [-0.1, -0.05) is 40.2 Å². The molecule has 124 valence electrons. The summed E-state index contributed by atoms with van der Waals surface area (Å²) in [6.45, 7) is 5.81. The van der Waals surface area contributed by atoms with Gasteiger partial charge < -0.3 is 10.6 Å². The van der Waals surface area contributed by atoms with Crippen molar-refractivity contribution in [3.8, 4) is 6.07 Å². The molecule has 5 heteroatoms. The normalized spacial score (nSPS) is 12.1. The highest BCUT2D eigenvalue weighted by molar-refractivity contribution is 9.10. The Bertz CT molecular complexity index is 757. The molecule has 0 spiro atoms. The standard InChI is InChI=1S/C19H20BrN3O/c1-19(2,3)23-18(24)17(13-8-10-15(20)11-9-13)22-16-7-5-4-6-14(16)12-21/h4-11,17,22H,1-3H3,(H,23,24). The van der Waals surface area contributed by atoms with E-state index in [0.717, 1.165) is 10.0 Å². The maximum Gasteiger partial charge on any atom is 0.247 e. The Morgan fingerprint density at radius 1 is 1.12 bits per heavy atom. The van der Waals surface area contributed by atoms with Crippen LogP contribution < -0.4 is 10.6 Å². The van der Waals surface area contributed by atoms with Crippen molar-refractivity contribution in [3.63, 3.8) is 0 Å². The van der Waals surface area contributed by atoms with Crippen LogP contribution in [0.3, 0.4) is 0 Å². The van der Waals surface area contributed by atoms with Gasteiger partial charge in [0.15, 0.2) is 0 Å². The summed E-state index contributed by atoms with van der Waals surface area (Å²) in [6, 6.07) is 16.3.